The molecule has 1 aliphatic heterocycles. The minimum atomic E-state index is -1.63. The Balaban J connectivity index is 1.71. The van der Waals surface area contributed by atoms with Crippen LogP contribution < -0.4 is 0 Å². The van der Waals surface area contributed by atoms with Crippen molar-refractivity contribution in [3.63, 3.8) is 0 Å². The predicted molar refractivity (Wildman–Crippen MR) is 127 cm³/mol. The summed E-state index contributed by atoms with van der Waals surface area (Å²) >= 11 is 17.1. The normalized spacial score (nSPS) is 14.6. The Hall–Kier alpha value is -2.21. The molecule has 0 bridgehead atoms. The number of alkyl halides is 3. The van der Waals surface area contributed by atoms with E-state index in [1.165, 1.54) is 5.69 Å². The van der Waals surface area contributed by atoms with Crippen molar-refractivity contribution in [2.24, 2.45) is 0 Å². The summed E-state index contributed by atoms with van der Waals surface area (Å²) in [5.41, 5.74) is 6.84. The number of carbonyl (C=O) groups is 1. The van der Waals surface area contributed by atoms with Crippen molar-refractivity contribution in [2.75, 3.05) is 13.2 Å². The maximum Gasteiger partial charge on any atom is 0.410 e. The molecule has 162 valence electrons. The fourth-order valence-electron chi connectivity index (χ4n) is 3.93. The summed E-state index contributed by atoms with van der Waals surface area (Å²) in [7, 11) is 0. The van der Waals surface area contributed by atoms with Crippen LogP contribution in [0.4, 0.5) is 4.79 Å². The van der Waals surface area contributed by atoms with Gasteiger partial charge in [-0.15, -0.1) is 0 Å². The molecule has 0 unspecified atom stereocenters. The second-order valence-electron chi connectivity index (χ2n) is 7.71. The van der Waals surface area contributed by atoms with Crippen LogP contribution >= 0.6 is 34.8 Å². The maximum atomic E-state index is 12.5. The van der Waals surface area contributed by atoms with Crippen LogP contribution in [0, 0.1) is 6.92 Å². The van der Waals surface area contributed by atoms with Crippen molar-refractivity contribution in [1.82, 2.24) is 14.5 Å². The molecule has 31 heavy (non-hydrogen) atoms. The number of allylic oxidation sites excluding steroid dienone is 1. The third-order valence-corrected chi connectivity index (χ3v) is 5.75. The lowest BCUT2D eigenvalue weighted by Gasteiger charge is -2.28. The lowest BCUT2D eigenvalue weighted by Crippen LogP contribution is -2.37. The minimum absolute atomic E-state index is 0.283. The highest BCUT2D eigenvalue weighted by molar-refractivity contribution is 6.67. The molecule has 0 atom stereocenters. The van der Waals surface area contributed by atoms with Crippen molar-refractivity contribution in [3.05, 3.63) is 65.1 Å². The zero-order chi connectivity index (χ0) is 22.2. The van der Waals surface area contributed by atoms with E-state index in [4.69, 9.17) is 39.5 Å². The number of nitrogens with zero attached hydrogens (tertiary/aromatic N) is 3. The molecule has 0 spiro atoms. The monoisotopic (exact) mass is 477 g/mol. The number of aromatic nitrogens is 2. The van der Waals surface area contributed by atoms with E-state index in [2.05, 4.69) is 47.8 Å². The third kappa shape index (κ3) is 4.84. The molecule has 3 aromatic rings. The quantitative estimate of drug-likeness (QED) is 0.419. The highest BCUT2D eigenvalue weighted by atomic mass is 35.6. The Labute approximate surface area is 196 Å². The number of halogens is 3. The molecule has 4 rings (SSSR count). The Morgan fingerprint density at radius 2 is 1.97 bits per heavy atom. The molecule has 1 amide bonds. The van der Waals surface area contributed by atoms with E-state index in [-0.39, 0.29) is 6.61 Å². The largest absolute Gasteiger partial charge is 0.445 e. The van der Waals surface area contributed by atoms with Gasteiger partial charge in [0.05, 0.1) is 12.1 Å². The Bertz CT molecular complexity index is 1150. The highest BCUT2D eigenvalue weighted by Gasteiger charge is 2.29. The van der Waals surface area contributed by atoms with Crippen molar-refractivity contribution >= 4 is 63.6 Å². The summed E-state index contributed by atoms with van der Waals surface area (Å²) in [6.45, 7) is 4.85. The number of fused-ring (bicyclic) bond motifs is 3. The zero-order valence-corrected chi connectivity index (χ0v) is 19.5. The van der Waals surface area contributed by atoms with E-state index >= 15 is 0 Å². The van der Waals surface area contributed by atoms with Gasteiger partial charge in [-0.2, -0.15) is 0 Å². The Morgan fingerprint density at radius 1 is 1.23 bits per heavy atom. The molecule has 0 saturated carbocycles. The van der Waals surface area contributed by atoms with Gasteiger partial charge in [0.2, 0.25) is 3.79 Å². The summed E-state index contributed by atoms with van der Waals surface area (Å²) in [5, 5.41) is 1.13. The molecule has 0 N–H and O–H groups in total. The van der Waals surface area contributed by atoms with Gasteiger partial charge >= 0.3 is 6.09 Å². The lowest BCUT2D eigenvalue weighted by atomic mass is 10.0. The first-order valence-electron chi connectivity index (χ1n) is 9.92. The van der Waals surface area contributed by atoms with Crippen LogP contribution in [-0.4, -0.2) is 37.5 Å². The molecule has 1 aliphatic rings. The van der Waals surface area contributed by atoms with Gasteiger partial charge in [-0.3, -0.25) is 4.98 Å². The first-order valence-corrected chi connectivity index (χ1v) is 11.1. The van der Waals surface area contributed by atoms with Gasteiger partial charge in [0.15, 0.2) is 0 Å². The first-order chi connectivity index (χ1) is 14.7. The number of hydrogen-bond acceptors (Lipinski definition) is 3. The summed E-state index contributed by atoms with van der Waals surface area (Å²) < 4.78 is 5.81. The highest BCUT2D eigenvalue weighted by Crippen LogP contribution is 2.33. The smallest absolute Gasteiger partial charge is 0.410 e. The molecule has 0 aliphatic carbocycles. The molecule has 1 aromatic carbocycles. The van der Waals surface area contributed by atoms with Gasteiger partial charge in [-0.25, -0.2) is 4.79 Å². The van der Waals surface area contributed by atoms with Crippen molar-refractivity contribution in [1.29, 1.82) is 0 Å². The summed E-state index contributed by atoms with van der Waals surface area (Å²) in [6, 6.07) is 10.4. The summed E-state index contributed by atoms with van der Waals surface area (Å²) in [4.78, 5) is 18.3. The zero-order valence-electron chi connectivity index (χ0n) is 17.2. The summed E-state index contributed by atoms with van der Waals surface area (Å²) in [5.74, 6) is 0. The lowest BCUT2D eigenvalue weighted by molar-refractivity contribution is 0.0994. The van der Waals surface area contributed by atoms with E-state index in [0.717, 1.165) is 33.2 Å². The number of benzene rings is 1. The standard InChI is InChI=1S/C23H22Cl3N3O2/c1-15-3-4-20-18(11-15)19-13-28(22(30)31-14-23(24,25)26)10-7-21(19)29(20)12-16(2)17-5-8-27-9-6-17/h3-6,8-9,11-12H,7,10,13-14H2,1-2H3. The third-order valence-electron chi connectivity index (χ3n) is 5.42. The van der Waals surface area contributed by atoms with Crippen LogP contribution in [0.25, 0.3) is 22.7 Å². The van der Waals surface area contributed by atoms with Gasteiger partial charge in [-0.1, -0.05) is 46.4 Å². The molecule has 0 saturated heterocycles. The number of amides is 1. The number of ether oxygens (including phenoxy) is 1. The van der Waals surface area contributed by atoms with Gasteiger partial charge in [-0.05, 0) is 49.2 Å². The minimum Gasteiger partial charge on any atom is -0.445 e. The van der Waals surface area contributed by atoms with E-state index in [0.29, 0.717) is 19.5 Å². The SMILES string of the molecule is CC(=Cn1c2c(c3cc(C)ccc31)CN(C(=O)OCC(Cl)(Cl)Cl)CC2)c1ccncc1. The average molecular weight is 479 g/mol. The van der Waals surface area contributed by atoms with E-state index in [1.54, 1.807) is 17.3 Å². The molecule has 3 heterocycles. The van der Waals surface area contributed by atoms with Gasteiger partial charge in [0.1, 0.15) is 6.61 Å². The molecular formula is C23H22Cl3N3O2. The van der Waals surface area contributed by atoms with Crippen LogP contribution in [0.1, 0.15) is 29.3 Å². The molecule has 5 nitrogen and oxygen atoms in total. The van der Waals surface area contributed by atoms with Crippen molar-refractivity contribution < 1.29 is 9.53 Å². The molecule has 2 aromatic heterocycles. The fraction of sp³-hybridized carbons (Fsp3) is 0.304. The number of aryl methyl sites for hydroxylation is 1. The topological polar surface area (TPSA) is 47.4 Å². The van der Waals surface area contributed by atoms with Crippen molar-refractivity contribution in [2.45, 2.75) is 30.6 Å². The number of rotatable bonds is 3. The van der Waals surface area contributed by atoms with E-state index < -0.39 is 9.89 Å². The average Bonchev–Trinajstić information content (AvgIpc) is 3.04. The Kier molecular flexibility index (Phi) is 6.20. The fourth-order valence-corrected chi connectivity index (χ4v) is 4.09. The Morgan fingerprint density at radius 3 is 2.68 bits per heavy atom. The van der Waals surface area contributed by atoms with Crippen LogP contribution in [0.3, 0.4) is 0 Å². The number of carbonyl (C=O) groups excluding carboxylic acids is 1. The number of pyridine rings is 1. The van der Waals surface area contributed by atoms with E-state index in [1.807, 2.05) is 12.1 Å². The number of hydrogen-bond donors (Lipinski definition) is 0. The molecule has 8 heteroatoms. The maximum absolute atomic E-state index is 12.5. The second kappa shape index (κ2) is 8.73. The van der Waals surface area contributed by atoms with E-state index in [9.17, 15) is 4.79 Å². The van der Waals surface area contributed by atoms with Crippen LogP contribution in [0.5, 0.6) is 0 Å². The predicted octanol–water partition coefficient (Wildman–Crippen LogP) is 6.23. The van der Waals surface area contributed by atoms with Gasteiger partial charge < -0.3 is 14.2 Å². The van der Waals surface area contributed by atoms with Crippen LogP contribution in [0.15, 0.2) is 42.7 Å². The first kappa shape index (κ1) is 22.0. The molecular weight excluding hydrogens is 457 g/mol. The van der Waals surface area contributed by atoms with Crippen LogP contribution in [-0.2, 0) is 17.7 Å². The summed E-state index contributed by atoms with van der Waals surface area (Å²) in [6.07, 6.45) is 5.96. The van der Waals surface area contributed by atoms with Crippen LogP contribution in [0.2, 0.25) is 0 Å². The molecule has 0 radical (unpaired) electrons. The van der Waals surface area contributed by atoms with Gasteiger partial charge in [0.25, 0.3) is 0 Å². The molecule has 0 fully saturated rings. The van der Waals surface area contributed by atoms with Gasteiger partial charge in [0, 0.05) is 48.2 Å². The second-order valence-corrected chi connectivity index (χ2v) is 10.2. The van der Waals surface area contributed by atoms with Crippen molar-refractivity contribution in [3.8, 4) is 0 Å².